The predicted molar refractivity (Wildman–Crippen MR) is 175 cm³/mol. The summed E-state index contributed by atoms with van der Waals surface area (Å²) in [6.07, 6.45) is 3.26. The number of para-hydroxylation sites is 1. The maximum Gasteiger partial charge on any atom is 0.343 e. The first kappa shape index (κ1) is 32.9. The molecule has 236 valence electrons. The van der Waals surface area contributed by atoms with Gasteiger partial charge in [0.2, 0.25) is 0 Å². The third-order valence-corrected chi connectivity index (χ3v) is 6.56. The lowest BCUT2D eigenvalue weighted by molar-refractivity contribution is -0.136. The minimum atomic E-state index is -1.05. The molecule has 4 aromatic rings. The summed E-state index contributed by atoms with van der Waals surface area (Å²) in [6.45, 7) is 4.62. The van der Waals surface area contributed by atoms with Crippen molar-refractivity contribution in [2.24, 2.45) is 5.10 Å². The number of aryl methyl sites for hydroxylation is 1. The largest absolute Gasteiger partial charge is 0.494 e. The summed E-state index contributed by atoms with van der Waals surface area (Å²) in [5, 5.41) is 9.04. The number of rotatable bonds is 12. The monoisotopic (exact) mass is 622 g/mol. The molecule has 0 aromatic heterocycles. The first-order chi connectivity index (χ1) is 22.3. The molecule has 11 heteroatoms. The predicted octanol–water partition coefficient (Wildman–Crippen LogP) is 5.74. The standard InChI is InChI=1S/C35H34N4O7/c1-4-5-20-45-27-17-13-25(14-18-27)35(43)46-30-19-12-24(21-31(30)44-3)22-36-39-34(42)33(41)38-29-9-7-6-8-28(29)32(40)37-26-15-10-23(2)11-16-26/h6-19,21-22H,4-5,20H2,1-3H3,(H,37,40)(H,38,41)(H,39,42). The van der Waals surface area contributed by atoms with E-state index in [1.165, 1.54) is 31.5 Å². The summed E-state index contributed by atoms with van der Waals surface area (Å²) in [6, 6.07) is 24.9. The summed E-state index contributed by atoms with van der Waals surface area (Å²) >= 11 is 0. The van der Waals surface area contributed by atoms with Gasteiger partial charge in [-0.25, -0.2) is 10.2 Å². The number of carbonyl (C=O) groups excluding carboxylic acids is 4. The summed E-state index contributed by atoms with van der Waals surface area (Å²) in [5.41, 5.74) is 4.94. The topological polar surface area (TPSA) is 144 Å². The van der Waals surface area contributed by atoms with E-state index in [-0.39, 0.29) is 22.7 Å². The van der Waals surface area contributed by atoms with Crippen molar-refractivity contribution in [2.45, 2.75) is 26.7 Å². The van der Waals surface area contributed by atoms with Crippen LogP contribution in [-0.2, 0) is 9.59 Å². The maximum absolute atomic E-state index is 12.8. The van der Waals surface area contributed by atoms with Gasteiger partial charge in [-0.1, -0.05) is 43.2 Å². The van der Waals surface area contributed by atoms with Crippen molar-refractivity contribution in [1.29, 1.82) is 0 Å². The molecule has 11 nitrogen and oxygen atoms in total. The van der Waals surface area contributed by atoms with Crippen molar-refractivity contribution < 1.29 is 33.4 Å². The van der Waals surface area contributed by atoms with E-state index in [1.54, 1.807) is 60.7 Å². The van der Waals surface area contributed by atoms with Gasteiger partial charge < -0.3 is 24.8 Å². The Balaban J connectivity index is 1.32. The second kappa shape index (κ2) is 16.2. The van der Waals surface area contributed by atoms with Crippen LogP contribution in [0, 0.1) is 6.92 Å². The van der Waals surface area contributed by atoms with Crippen LogP contribution in [0.5, 0.6) is 17.2 Å². The second-order valence-electron chi connectivity index (χ2n) is 10.0. The third kappa shape index (κ3) is 9.26. The van der Waals surface area contributed by atoms with Crippen molar-refractivity contribution in [3.8, 4) is 17.2 Å². The molecule has 4 aromatic carbocycles. The Hall–Kier alpha value is -5.97. The third-order valence-electron chi connectivity index (χ3n) is 6.56. The molecule has 0 fully saturated rings. The summed E-state index contributed by atoms with van der Waals surface area (Å²) in [5.74, 6) is -2.00. The van der Waals surface area contributed by atoms with Crippen LogP contribution in [0.3, 0.4) is 0 Å². The zero-order valence-electron chi connectivity index (χ0n) is 25.7. The SMILES string of the molecule is CCCCOc1ccc(C(=O)Oc2ccc(C=NNC(=O)C(=O)Nc3ccccc3C(=O)Nc3ccc(C)cc3)cc2OC)cc1. The fourth-order valence-corrected chi connectivity index (χ4v) is 4.05. The Morgan fingerprint density at radius 3 is 2.28 bits per heavy atom. The molecule has 0 aliphatic rings. The van der Waals surface area contributed by atoms with E-state index in [0.29, 0.717) is 29.2 Å². The van der Waals surface area contributed by atoms with E-state index in [1.807, 2.05) is 19.1 Å². The van der Waals surface area contributed by atoms with Crippen LogP contribution < -0.4 is 30.3 Å². The Labute approximate surface area is 266 Å². The number of hydrogen-bond acceptors (Lipinski definition) is 8. The summed E-state index contributed by atoms with van der Waals surface area (Å²) < 4.78 is 16.5. The number of methoxy groups -OCH3 is 1. The van der Waals surface area contributed by atoms with Gasteiger partial charge >= 0.3 is 17.8 Å². The van der Waals surface area contributed by atoms with Gasteiger partial charge in [-0.15, -0.1) is 0 Å². The molecular formula is C35H34N4O7. The molecule has 0 bridgehead atoms. The fourth-order valence-electron chi connectivity index (χ4n) is 4.05. The van der Waals surface area contributed by atoms with E-state index >= 15 is 0 Å². The van der Waals surface area contributed by atoms with Crippen LogP contribution in [0.25, 0.3) is 0 Å². The number of hydrazone groups is 1. The Morgan fingerprint density at radius 2 is 1.57 bits per heavy atom. The van der Waals surface area contributed by atoms with Crippen molar-refractivity contribution >= 4 is 41.3 Å². The molecular weight excluding hydrogens is 588 g/mol. The highest BCUT2D eigenvalue weighted by Crippen LogP contribution is 2.28. The molecule has 3 amide bonds. The normalized spacial score (nSPS) is 10.6. The van der Waals surface area contributed by atoms with Crippen molar-refractivity contribution in [3.63, 3.8) is 0 Å². The number of unbranched alkanes of at least 4 members (excludes halogenated alkanes) is 1. The van der Waals surface area contributed by atoms with E-state index in [2.05, 4.69) is 28.1 Å². The van der Waals surface area contributed by atoms with Gasteiger partial charge in [0.05, 0.1) is 36.7 Å². The molecule has 0 aliphatic carbocycles. The number of hydrogen-bond donors (Lipinski definition) is 3. The average Bonchev–Trinajstić information content (AvgIpc) is 3.07. The quantitative estimate of drug-likeness (QED) is 0.0456. The fraction of sp³-hybridized carbons (Fsp3) is 0.171. The second-order valence-corrected chi connectivity index (χ2v) is 10.0. The average molecular weight is 623 g/mol. The molecule has 0 spiro atoms. The minimum Gasteiger partial charge on any atom is -0.494 e. The smallest absolute Gasteiger partial charge is 0.343 e. The van der Waals surface area contributed by atoms with Gasteiger partial charge in [-0.2, -0.15) is 5.10 Å². The molecule has 0 heterocycles. The van der Waals surface area contributed by atoms with Gasteiger partial charge in [0.25, 0.3) is 5.91 Å². The van der Waals surface area contributed by atoms with Gasteiger partial charge in [0, 0.05) is 5.69 Å². The lowest BCUT2D eigenvalue weighted by Gasteiger charge is -2.11. The summed E-state index contributed by atoms with van der Waals surface area (Å²) in [4.78, 5) is 50.5. The lowest BCUT2D eigenvalue weighted by atomic mass is 10.1. The number of benzene rings is 4. The van der Waals surface area contributed by atoms with Crippen LogP contribution in [0.4, 0.5) is 11.4 Å². The van der Waals surface area contributed by atoms with E-state index in [9.17, 15) is 19.2 Å². The highest BCUT2D eigenvalue weighted by Gasteiger charge is 2.18. The highest BCUT2D eigenvalue weighted by molar-refractivity contribution is 6.40. The Morgan fingerprint density at radius 1 is 0.826 bits per heavy atom. The van der Waals surface area contributed by atoms with Gasteiger partial charge in [0.15, 0.2) is 11.5 Å². The van der Waals surface area contributed by atoms with Crippen molar-refractivity contribution in [3.05, 3.63) is 113 Å². The number of nitrogens with zero attached hydrogens (tertiary/aromatic N) is 1. The van der Waals surface area contributed by atoms with Crippen molar-refractivity contribution in [2.75, 3.05) is 24.4 Å². The molecule has 46 heavy (non-hydrogen) atoms. The molecule has 0 saturated carbocycles. The van der Waals surface area contributed by atoms with Crippen LogP contribution in [-0.4, -0.2) is 43.6 Å². The first-order valence-electron chi connectivity index (χ1n) is 14.5. The summed E-state index contributed by atoms with van der Waals surface area (Å²) in [7, 11) is 1.42. The molecule has 3 N–H and O–H groups in total. The minimum absolute atomic E-state index is 0.155. The van der Waals surface area contributed by atoms with Gasteiger partial charge in [0.1, 0.15) is 5.75 Å². The Kier molecular flexibility index (Phi) is 11.6. The lowest BCUT2D eigenvalue weighted by Crippen LogP contribution is -2.33. The van der Waals surface area contributed by atoms with E-state index in [0.717, 1.165) is 18.4 Å². The Bertz CT molecular complexity index is 1720. The number of nitrogens with one attached hydrogen (secondary N) is 3. The number of anilines is 2. The van der Waals surface area contributed by atoms with E-state index in [4.69, 9.17) is 14.2 Å². The maximum atomic E-state index is 12.8. The molecule has 0 saturated heterocycles. The van der Waals surface area contributed by atoms with Crippen molar-refractivity contribution in [1.82, 2.24) is 5.43 Å². The zero-order chi connectivity index (χ0) is 32.9. The van der Waals surface area contributed by atoms with Gasteiger partial charge in [-0.05, 0) is 85.6 Å². The van der Waals surface area contributed by atoms with E-state index < -0.39 is 23.7 Å². The van der Waals surface area contributed by atoms with Gasteiger partial charge in [-0.3, -0.25) is 14.4 Å². The molecule has 0 aliphatic heterocycles. The van der Waals surface area contributed by atoms with Crippen LogP contribution in [0.1, 0.15) is 51.6 Å². The zero-order valence-corrected chi connectivity index (χ0v) is 25.7. The van der Waals surface area contributed by atoms with Crippen LogP contribution in [0.2, 0.25) is 0 Å². The number of carbonyl (C=O) groups is 4. The number of esters is 1. The molecule has 0 unspecified atom stereocenters. The number of amides is 3. The first-order valence-corrected chi connectivity index (χ1v) is 14.5. The molecule has 4 rings (SSSR count). The highest BCUT2D eigenvalue weighted by atomic mass is 16.6. The molecule has 0 atom stereocenters. The van der Waals surface area contributed by atoms with Crippen LogP contribution in [0.15, 0.2) is 96.1 Å². The van der Waals surface area contributed by atoms with Crippen LogP contribution >= 0.6 is 0 Å². The molecule has 0 radical (unpaired) electrons. The number of ether oxygens (including phenoxy) is 3.